The van der Waals surface area contributed by atoms with E-state index >= 15 is 0 Å². The van der Waals surface area contributed by atoms with E-state index in [9.17, 15) is 14.9 Å². The highest BCUT2D eigenvalue weighted by Gasteiger charge is 2.27. The van der Waals surface area contributed by atoms with Gasteiger partial charge in [0.1, 0.15) is 5.56 Å². The van der Waals surface area contributed by atoms with Gasteiger partial charge >= 0.3 is 0 Å². The minimum atomic E-state index is -0.509. The van der Waals surface area contributed by atoms with Crippen molar-refractivity contribution in [2.45, 2.75) is 20.8 Å². The van der Waals surface area contributed by atoms with Crippen LogP contribution < -0.4 is 5.73 Å². The minimum absolute atomic E-state index is 0.116. The van der Waals surface area contributed by atoms with E-state index in [1.165, 1.54) is 11.0 Å². The highest BCUT2D eigenvalue weighted by Crippen LogP contribution is 2.25. The predicted molar refractivity (Wildman–Crippen MR) is 77.6 cm³/mol. The second kappa shape index (κ2) is 6.00. The molecule has 0 radical (unpaired) electrons. The molecule has 0 aliphatic carbocycles. The van der Waals surface area contributed by atoms with Crippen molar-refractivity contribution < 1.29 is 9.72 Å². The fraction of sp³-hybridized carbons (Fsp3) is 0.500. The normalized spacial score (nSPS) is 11.2. The number of carbonyl (C=O) groups excluding carboxylic acids is 1. The van der Waals surface area contributed by atoms with Gasteiger partial charge in [-0.1, -0.05) is 26.0 Å². The Labute approximate surface area is 118 Å². The number of hydrogen-bond donors (Lipinski definition) is 1. The van der Waals surface area contributed by atoms with Gasteiger partial charge in [-0.25, -0.2) is 0 Å². The van der Waals surface area contributed by atoms with Crippen LogP contribution in [0.4, 0.5) is 5.69 Å². The summed E-state index contributed by atoms with van der Waals surface area (Å²) in [4.78, 5) is 24.5. The van der Waals surface area contributed by atoms with Crippen LogP contribution in [0.5, 0.6) is 0 Å². The van der Waals surface area contributed by atoms with Crippen LogP contribution in [-0.2, 0) is 0 Å². The number of nitro groups is 1. The maximum Gasteiger partial charge on any atom is 0.285 e. The molecule has 6 nitrogen and oxygen atoms in total. The highest BCUT2D eigenvalue weighted by atomic mass is 16.6. The Kier molecular flexibility index (Phi) is 4.83. The van der Waals surface area contributed by atoms with Crippen LogP contribution in [0.3, 0.4) is 0 Å². The van der Waals surface area contributed by atoms with Gasteiger partial charge in [-0.2, -0.15) is 0 Å². The average molecular weight is 279 g/mol. The summed E-state index contributed by atoms with van der Waals surface area (Å²) in [7, 11) is 1.63. The Bertz CT molecular complexity index is 526. The number of nitro benzene ring substituents is 1. The number of benzene rings is 1. The van der Waals surface area contributed by atoms with Gasteiger partial charge in [-0.3, -0.25) is 14.9 Å². The second-order valence-electron chi connectivity index (χ2n) is 5.76. The molecule has 0 saturated carbocycles. The van der Waals surface area contributed by atoms with Crippen LogP contribution in [0.25, 0.3) is 0 Å². The maximum atomic E-state index is 12.4. The third-order valence-electron chi connectivity index (χ3n) is 3.22. The molecule has 0 aromatic heterocycles. The van der Waals surface area contributed by atoms with E-state index in [1.807, 2.05) is 13.8 Å². The molecule has 0 saturated heterocycles. The number of para-hydroxylation sites is 1. The van der Waals surface area contributed by atoms with E-state index in [4.69, 9.17) is 5.73 Å². The van der Waals surface area contributed by atoms with Crippen molar-refractivity contribution in [3.05, 3.63) is 39.4 Å². The summed E-state index contributed by atoms with van der Waals surface area (Å²) in [5.41, 5.74) is 5.88. The number of nitrogens with two attached hydrogens (primary N) is 1. The van der Waals surface area contributed by atoms with E-state index < -0.39 is 4.92 Å². The smallest absolute Gasteiger partial charge is 0.285 e. The first-order chi connectivity index (χ1) is 9.19. The van der Waals surface area contributed by atoms with Gasteiger partial charge in [0.05, 0.1) is 4.92 Å². The third kappa shape index (κ3) is 3.54. The summed E-state index contributed by atoms with van der Waals surface area (Å²) in [6.45, 7) is 6.38. The van der Waals surface area contributed by atoms with Crippen LogP contribution in [-0.4, -0.2) is 35.9 Å². The van der Waals surface area contributed by atoms with Crippen molar-refractivity contribution in [2.24, 2.45) is 11.1 Å². The van der Waals surface area contributed by atoms with Gasteiger partial charge < -0.3 is 10.6 Å². The van der Waals surface area contributed by atoms with E-state index in [1.54, 1.807) is 26.1 Å². The quantitative estimate of drug-likeness (QED) is 0.659. The fourth-order valence-corrected chi connectivity index (χ4v) is 2.06. The fourth-order valence-electron chi connectivity index (χ4n) is 2.06. The predicted octanol–water partition coefficient (Wildman–Crippen LogP) is 1.96. The molecule has 110 valence electrons. The number of hydrogen-bond acceptors (Lipinski definition) is 4. The Balaban J connectivity index is 3.10. The van der Waals surface area contributed by atoms with E-state index in [-0.39, 0.29) is 22.6 Å². The average Bonchev–Trinajstić information content (AvgIpc) is 2.36. The van der Waals surface area contributed by atoms with Gasteiger partial charge in [0.2, 0.25) is 0 Å². The molecule has 0 fully saturated rings. The SMILES string of the molecule is Cc1cccc(C(=O)N(C)CC(C)(C)CN)c1[N+](=O)[O-]. The van der Waals surface area contributed by atoms with Crippen molar-refractivity contribution in [2.75, 3.05) is 20.1 Å². The lowest BCUT2D eigenvalue weighted by Crippen LogP contribution is -2.40. The lowest BCUT2D eigenvalue weighted by molar-refractivity contribution is -0.385. The topological polar surface area (TPSA) is 89.5 Å². The van der Waals surface area contributed by atoms with Crippen LogP contribution in [0, 0.1) is 22.5 Å². The molecule has 20 heavy (non-hydrogen) atoms. The molecule has 6 heteroatoms. The molecule has 1 aromatic carbocycles. The molecular weight excluding hydrogens is 258 g/mol. The number of rotatable bonds is 5. The summed E-state index contributed by atoms with van der Waals surface area (Å²) in [6, 6.07) is 4.76. The zero-order chi connectivity index (χ0) is 15.5. The summed E-state index contributed by atoms with van der Waals surface area (Å²) in [6.07, 6.45) is 0. The molecule has 0 bridgehead atoms. The van der Waals surface area contributed by atoms with Gasteiger partial charge in [-0.15, -0.1) is 0 Å². The summed E-state index contributed by atoms with van der Waals surface area (Å²) < 4.78 is 0. The molecule has 2 N–H and O–H groups in total. The molecule has 0 unspecified atom stereocenters. The molecule has 0 atom stereocenters. The first kappa shape index (κ1) is 16.1. The van der Waals surface area contributed by atoms with Gasteiger partial charge in [-0.05, 0) is 24.9 Å². The van der Waals surface area contributed by atoms with Crippen molar-refractivity contribution in [3.63, 3.8) is 0 Å². The maximum absolute atomic E-state index is 12.4. The molecule has 0 aliphatic heterocycles. The summed E-state index contributed by atoms with van der Waals surface area (Å²) >= 11 is 0. The largest absolute Gasteiger partial charge is 0.341 e. The first-order valence-corrected chi connectivity index (χ1v) is 6.39. The van der Waals surface area contributed by atoms with Gasteiger partial charge in [0, 0.05) is 19.2 Å². The monoisotopic (exact) mass is 279 g/mol. The molecule has 0 spiro atoms. The van der Waals surface area contributed by atoms with E-state index in [2.05, 4.69) is 0 Å². The zero-order valence-corrected chi connectivity index (χ0v) is 12.3. The number of nitrogens with zero attached hydrogens (tertiary/aromatic N) is 2. The zero-order valence-electron chi connectivity index (χ0n) is 12.3. The summed E-state index contributed by atoms with van der Waals surface area (Å²) in [5, 5.41) is 11.1. The van der Waals surface area contributed by atoms with Gasteiger partial charge in [0.25, 0.3) is 11.6 Å². The standard InChI is InChI=1S/C14H21N3O3/c1-10-6-5-7-11(12(10)17(19)20)13(18)16(4)9-14(2,3)8-15/h5-7H,8-9,15H2,1-4H3. The molecule has 0 aliphatic rings. The number of amides is 1. The van der Waals surface area contributed by atoms with Crippen molar-refractivity contribution >= 4 is 11.6 Å². The van der Waals surface area contributed by atoms with Crippen LogP contribution in [0.15, 0.2) is 18.2 Å². The van der Waals surface area contributed by atoms with Crippen LogP contribution >= 0.6 is 0 Å². The number of aryl methyl sites for hydroxylation is 1. The van der Waals surface area contributed by atoms with E-state index in [0.29, 0.717) is 18.7 Å². The minimum Gasteiger partial charge on any atom is -0.341 e. The van der Waals surface area contributed by atoms with E-state index in [0.717, 1.165) is 0 Å². The van der Waals surface area contributed by atoms with Crippen LogP contribution in [0.2, 0.25) is 0 Å². The Morgan fingerprint density at radius 2 is 2.05 bits per heavy atom. The Morgan fingerprint density at radius 3 is 2.55 bits per heavy atom. The lowest BCUT2D eigenvalue weighted by atomic mass is 9.93. The Hall–Kier alpha value is -1.95. The first-order valence-electron chi connectivity index (χ1n) is 6.39. The van der Waals surface area contributed by atoms with Crippen molar-refractivity contribution in [3.8, 4) is 0 Å². The highest BCUT2D eigenvalue weighted by molar-refractivity contribution is 5.98. The molecule has 0 heterocycles. The van der Waals surface area contributed by atoms with Crippen molar-refractivity contribution in [1.29, 1.82) is 0 Å². The second-order valence-corrected chi connectivity index (χ2v) is 5.76. The van der Waals surface area contributed by atoms with Crippen molar-refractivity contribution in [1.82, 2.24) is 4.90 Å². The summed E-state index contributed by atoms with van der Waals surface area (Å²) in [5.74, 6) is -0.359. The molecule has 1 amide bonds. The third-order valence-corrected chi connectivity index (χ3v) is 3.22. The molecular formula is C14H21N3O3. The Morgan fingerprint density at radius 1 is 1.45 bits per heavy atom. The van der Waals surface area contributed by atoms with Gasteiger partial charge in [0.15, 0.2) is 0 Å². The van der Waals surface area contributed by atoms with Crippen LogP contribution in [0.1, 0.15) is 29.8 Å². The molecule has 1 rings (SSSR count). The molecule has 1 aromatic rings. The lowest BCUT2D eigenvalue weighted by Gasteiger charge is -2.29. The number of carbonyl (C=O) groups is 1.